The highest BCUT2D eigenvalue weighted by atomic mass is 32.2. The number of aryl methyl sites for hydroxylation is 1. The Labute approximate surface area is 112 Å². The number of hydrogen-bond acceptors (Lipinski definition) is 7. The molecule has 0 atom stereocenters. The highest BCUT2D eigenvalue weighted by Gasteiger charge is 2.08. The zero-order chi connectivity index (χ0) is 12.8. The van der Waals surface area contributed by atoms with Crippen LogP contribution in [-0.2, 0) is 6.42 Å². The molecule has 0 aromatic carbocycles. The molecular formula is C10H13N5OS2. The summed E-state index contributed by atoms with van der Waals surface area (Å²) in [6, 6.07) is 3.93. The van der Waals surface area contributed by atoms with Crippen LogP contribution in [0.4, 0.5) is 0 Å². The fourth-order valence-electron chi connectivity index (χ4n) is 1.30. The molecule has 0 spiro atoms. The van der Waals surface area contributed by atoms with Crippen LogP contribution in [0.2, 0.25) is 0 Å². The molecule has 8 heteroatoms. The van der Waals surface area contributed by atoms with Crippen LogP contribution in [0.25, 0.3) is 10.7 Å². The van der Waals surface area contributed by atoms with Crippen molar-refractivity contribution in [3.8, 4) is 10.7 Å². The minimum atomic E-state index is 0.389. The van der Waals surface area contributed by atoms with Crippen LogP contribution in [0.15, 0.2) is 27.1 Å². The number of thioether (sulfide) groups is 1. The lowest BCUT2D eigenvalue weighted by molar-refractivity contribution is 0.378. The Balaban J connectivity index is 1.81. The Kier molecular flexibility index (Phi) is 4.59. The number of nitrogens with zero attached hydrogens (tertiary/aromatic N) is 3. The molecule has 0 saturated carbocycles. The van der Waals surface area contributed by atoms with Crippen molar-refractivity contribution in [2.75, 3.05) is 5.75 Å². The molecule has 2 rings (SSSR count). The predicted molar refractivity (Wildman–Crippen MR) is 74.2 cm³/mol. The van der Waals surface area contributed by atoms with Crippen LogP contribution in [0.3, 0.4) is 0 Å². The number of thiophene rings is 1. The van der Waals surface area contributed by atoms with Crippen molar-refractivity contribution in [2.24, 2.45) is 16.7 Å². The van der Waals surface area contributed by atoms with Crippen LogP contribution < -0.4 is 11.6 Å². The first-order valence-electron chi connectivity index (χ1n) is 5.32. The number of rotatable bonds is 5. The summed E-state index contributed by atoms with van der Waals surface area (Å²) in [6.45, 7) is 0. The standard InChI is InChI=1S/C10H13N5OS2/c11-10(14-12)18-6-2-4-8-13-9(15-16-8)7-3-1-5-17-7/h1,3,5H,2,4,6,12H2,(H2,11,14). The van der Waals surface area contributed by atoms with Gasteiger partial charge in [0, 0.05) is 12.2 Å². The molecule has 0 unspecified atom stereocenters. The summed E-state index contributed by atoms with van der Waals surface area (Å²) in [5.74, 6) is 7.14. The van der Waals surface area contributed by atoms with E-state index in [9.17, 15) is 0 Å². The van der Waals surface area contributed by atoms with Gasteiger partial charge in [0.05, 0.1) is 4.88 Å². The first-order chi connectivity index (χ1) is 8.79. The zero-order valence-electron chi connectivity index (χ0n) is 9.57. The Morgan fingerprint density at radius 2 is 2.44 bits per heavy atom. The minimum Gasteiger partial charge on any atom is -0.377 e. The van der Waals surface area contributed by atoms with Gasteiger partial charge in [-0.1, -0.05) is 23.0 Å². The van der Waals surface area contributed by atoms with Crippen molar-refractivity contribution >= 4 is 28.3 Å². The number of amidine groups is 1. The monoisotopic (exact) mass is 283 g/mol. The van der Waals surface area contributed by atoms with Crippen molar-refractivity contribution in [3.05, 3.63) is 23.4 Å². The molecule has 0 aliphatic carbocycles. The van der Waals surface area contributed by atoms with Crippen LogP contribution >= 0.6 is 23.1 Å². The summed E-state index contributed by atoms with van der Waals surface area (Å²) in [5.41, 5.74) is 5.46. The van der Waals surface area contributed by atoms with E-state index < -0.39 is 0 Å². The van der Waals surface area contributed by atoms with Crippen LogP contribution in [0.1, 0.15) is 12.3 Å². The lowest BCUT2D eigenvalue weighted by Crippen LogP contribution is -2.09. The molecule has 2 heterocycles. The average Bonchev–Trinajstić information content (AvgIpc) is 3.04. The largest absolute Gasteiger partial charge is 0.377 e. The minimum absolute atomic E-state index is 0.389. The fraction of sp³-hybridized carbons (Fsp3) is 0.300. The third-order valence-corrected chi connectivity index (χ3v) is 3.88. The van der Waals surface area contributed by atoms with E-state index in [0.717, 1.165) is 23.5 Å². The quantitative estimate of drug-likeness (QED) is 0.284. The zero-order valence-corrected chi connectivity index (χ0v) is 11.2. The van der Waals surface area contributed by atoms with Crippen LogP contribution in [0.5, 0.6) is 0 Å². The van der Waals surface area contributed by atoms with Crippen molar-refractivity contribution in [1.82, 2.24) is 10.1 Å². The third-order valence-electron chi connectivity index (χ3n) is 2.12. The van der Waals surface area contributed by atoms with E-state index in [1.807, 2.05) is 17.5 Å². The van der Waals surface area contributed by atoms with Crippen LogP contribution in [0, 0.1) is 0 Å². The highest BCUT2D eigenvalue weighted by molar-refractivity contribution is 8.13. The summed E-state index contributed by atoms with van der Waals surface area (Å²) in [5, 5.41) is 9.69. The molecule has 2 aromatic heterocycles. The van der Waals surface area contributed by atoms with Crippen molar-refractivity contribution in [2.45, 2.75) is 12.8 Å². The Bertz CT molecular complexity index is 508. The van der Waals surface area contributed by atoms with E-state index >= 15 is 0 Å². The van der Waals surface area contributed by atoms with E-state index in [4.69, 9.17) is 16.1 Å². The second-order valence-electron chi connectivity index (χ2n) is 3.41. The van der Waals surface area contributed by atoms with Gasteiger partial charge in [0.2, 0.25) is 11.7 Å². The van der Waals surface area contributed by atoms with Crippen molar-refractivity contribution in [1.29, 1.82) is 0 Å². The van der Waals surface area contributed by atoms with E-state index in [-0.39, 0.29) is 0 Å². The molecule has 0 bridgehead atoms. The van der Waals surface area contributed by atoms with E-state index in [1.54, 1.807) is 11.3 Å². The van der Waals surface area contributed by atoms with E-state index in [0.29, 0.717) is 16.9 Å². The first-order valence-corrected chi connectivity index (χ1v) is 7.18. The van der Waals surface area contributed by atoms with E-state index in [1.165, 1.54) is 11.8 Å². The normalized spacial score (nSPS) is 11.9. The molecule has 0 aliphatic heterocycles. The van der Waals surface area contributed by atoms with Crippen LogP contribution in [-0.4, -0.2) is 21.1 Å². The van der Waals surface area contributed by atoms with Gasteiger partial charge < -0.3 is 16.1 Å². The Hall–Kier alpha value is -1.54. The molecule has 0 amide bonds. The summed E-state index contributed by atoms with van der Waals surface area (Å²) >= 11 is 3.00. The lowest BCUT2D eigenvalue weighted by Gasteiger charge is -1.96. The second kappa shape index (κ2) is 6.41. The smallest absolute Gasteiger partial charge is 0.227 e. The van der Waals surface area contributed by atoms with Gasteiger partial charge in [0.15, 0.2) is 5.17 Å². The molecule has 96 valence electrons. The number of nitrogens with two attached hydrogens (primary N) is 2. The summed E-state index contributed by atoms with van der Waals surface area (Å²) < 4.78 is 5.17. The number of hydrazone groups is 1. The maximum atomic E-state index is 5.46. The number of hydrogen-bond donors (Lipinski definition) is 2. The van der Waals surface area contributed by atoms with Gasteiger partial charge in [-0.2, -0.15) is 10.1 Å². The maximum Gasteiger partial charge on any atom is 0.227 e. The molecule has 0 fully saturated rings. The molecule has 0 aliphatic rings. The summed E-state index contributed by atoms with van der Waals surface area (Å²) in [6.07, 6.45) is 1.61. The van der Waals surface area contributed by atoms with Gasteiger partial charge in [-0.05, 0) is 17.9 Å². The molecule has 0 radical (unpaired) electrons. The Morgan fingerprint density at radius 3 is 3.17 bits per heavy atom. The molecule has 4 N–H and O–H groups in total. The van der Waals surface area contributed by atoms with Gasteiger partial charge in [-0.25, -0.2) is 0 Å². The van der Waals surface area contributed by atoms with Gasteiger partial charge >= 0.3 is 0 Å². The van der Waals surface area contributed by atoms with E-state index in [2.05, 4.69) is 15.2 Å². The topological polar surface area (TPSA) is 103 Å². The van der Waals surface area contributed by atoms with Crippen molar-refractivity contribution < 1.29 is 4.52 Å². The highest BCUT2D eigenvalue weighted by Crippen LogP contribution is 2.21. The lowest BCUT2D eigenvalue weighted by atomic mass is 10.3. The average molecular weight is 283 g/mol. The fourth-order valence-corrected chi connectivity index (χ4v) is 2.52. The van der Waals surface area contributed by atoms with Gasteiger partial charge in [-0.15, -0.1) is 11.3 Å². The first kappa shape index (κ1) is 12.9. The molecule has 18 heavy (non-hydrogen) atoms. The van der Waals surface area contributed by atoms with Gasteiger partial charge in [-0.3, -0.25) is 0 Å². The summed E-state index contributed by atoms with van der Waals surface area (Å²) in [7, 11) is 0. The van der Waals surface area contributed by atoms with Gasteiger partial charge in [0.25, 0.3) is 0 Å². The summed E-state index contributed by atoms with van der Waals surface area (Å²) in [4.78, 5) is 5.34. The van der Waals surface area contributed by atoms with Gasteiger partial charge in [0.1, 0.15) is 0 Å². The maximum absolute atomic E-state index is 5.46. The van der Waals surface area contributed by atoms with Crippen molar-refractivity contribution in [3.63, 3.8) is 0 Å². The predicted octanol–water partition coefficient (Wildman–Crippen LogP) is 1.65. The molecule has 2 aromatic rings. The third kappa shape index (κ3) is 3.47. The number of aromatic nitrogens is 2. The molecule has 6 nitrogen and oxygen atoms in total. The SMILES string of the molecule is NN=C(N)SCCCc1nc(-c2cccs2)no1. The molecular weight excluding hydrogens is 270 g/mol. The second-order valence-corrected chi connectivity index (χ2v) is 5.47. The molecule has 0 saturated heterocycles. The Morgan fingerprint density at radius 1 is 1.56 bits per heavy atom.